The van der Waals surface area contributed by atoms with E-state index in [9.17, 15) is 14.4 Å². The molecule has 0 bridgehead atoms. The summed E-state index contributed by atoms with van der Waals surface area (Å²) in [5.74, 6) is 0.140. The Bertz CT molecular complexity index is 1250. The number of rotatable bonds is 3. The molecule has 3 aromatic rings. The van der Waals surface area contributed by atoms with E-state index in [4.69, 9.17) is 9.47 Å². The van der Waals surface area contributed by atoms with Gasteiger partial charge in [-0.05, 0) is 38.0 Å². The van der Waals surface area contributed by atoms with E-state index < -0.39 is 6.04 Å². The fraction of sp³-hybridized carbons (Fsp3) is 0.381. The largest absolute Gasteiger partial charge is 0.487 e. The summed E-state index contributed by atoms with van der Waals surface area (Å²) in [6.45, 7) is 5.96. The predicted molar refractivity (Wildman–Crippen MR) is 106 cm³/mol. The molecular formula is C21H22N2O5. The molecule has 0 fully saturated rings. The monoisotopic (exact) mass is 382 g/mol. The molecule has 0 amide bonds. The summed E-state index contributed by atoms with van der Waals surface area (Å²) in [6, 6.07) is 4.71. The maximum absolute atomic E-state index is 12.9. The zero-order chi connectivity index (χ0) is 20.2. The second kappa shape index (κ2) is 6.51. The Balaban J connectivity index is 2.10. The van der Waals surface area contributed by atoms with Crippen LogP contribution in [0.3, 0.4) is 0 Å². The topological polar surface area (TPSA) is 79.5 Å². The molecule has 7 heteroatoms. The number of ether oxygens (including phenoxy) is 2. The Labute approximate surface area is 161 Å². The third-order valence-corrected chi connectivity index (χ3v) is 5.40. The average molecular weight is 382 g/mol. The Morgan fingerprint density at radius 2 is 1.75 bits per heavy atom. The summed E-state index contributed by atoms with van der Waals surface area (Å²) in [5.41, 5.74) is 2.63. The molecule has 2 aromatic heterocycles. The number of carbonyl (C=O) groups is 1. The van der Waals surface area contributed by atoms with Gasteiger partial charge in [-0.15, -0.1) is 0 Å². The van der Waals surface area contributed by atoms with Gasteiger partial charge in [0.25, 0.3) is 11.1 Å². The van der Waals surface area contributed by atoms with Crippen molar-refractivity contribution in [3.63, 3.8) is 0 Å². The van der Waals surface area contributed by atoms with Gasteiger partial charge in [0.15, 0.2) is 5.75 Å². The number of aryl methyl sites for hydroxylation is 3. The number of carbonyl (C=O) groups excluding carboxylic acids is 1. The van der Waals surface area contributed by atoms with Crippen molar-refractivity contribution in [3.05, 3.63) is 50.0 Å². The van der Waals surface area contributed by atoms with E-state index in [1.54, 1.807) is 35.2 Å². The average Bonchev–Trinajstić information content (AvgIpc) is 2.64. The summed E-state index contributed by atoms with van der Waals surface area (Å²) >= 11 is 0. The molecule has 1 aliphatic heterocycles. The van der Waals surface area contributed by atoms with E-state index in [1.165, 1.54) is 0 Å². The predicted octanol–water partition coefficient (Wildman–Crippen LogP) is 2.36. The SMILES string of the molecule is CCOC(=O)CC1COc2c3c(cc4c(C)cc(=O)n1c24)c(C)cc(=O)n3C. The number of aromatic nitrogens is 2. The molecule has 0 saturated heterocycles. The first-order valence-corrected chi connectivity index (χ1v) is 9.31. The third kappa shape index (κ3) is 2.61. The first kappa shape index (κ1) is 18.3. The molecule has 4 rings (SSSR count). The zero-order valence-electron chi connectivity index (χ0n) is 16.4. The molecule has 7 nitrogen and oxygen atoms in total. The summed E-state index contributed by atoms with van der Waals surface area (Å²) in [5, 5.41) is 1.78. The number of nitrogens with zero attached hydrogens (tertiary/aromatic N) is 2. The van der Waals surface area contributed by atoms with Gasteiger partial charge in [0.05, 0.1) is 30.1 Å². The van der Waals surface area contributed by atoms with E-state index in [2.05, 4.69) is 0 Å². The fourth-order valence-electron chi connectivity index (χ4n) is 4.04. The van der Waals surface area contributed by atoms with Gasteiger partial charge in [0, 0.05) is 30.0 Å². The minimum Gasteiger partial charge on any atom is -0.487 e. The van der Waals surface area contributed by atoms with Crippen LogP contribution in [0.4, 0.5) is 0 Å². The van der Waals surface area contributed by atoms with Gasteiger partial charge in [-0.3, -0.25) is 19.0 Å². The minimum absolute atomic E-state index is 0.0517. The highest BCUT2D eigenvalue weighted by atomic mass is 16.5. The Kier molecular flexibility index (Phi) is 4.25. The number of hydrogen-bond acceptors (Lipinski definition) is 5. The van der Waals surface area contributed by atoms with Gasteiger partial charge in [-0.25, -0.2) is 0 Å². The Morgan fingerprint density at radius 1 is 1.11 bits per heavy atom. The number of hydrogen-bond donors (Lipinski definition) is 0. The highest BCUT2D eigenvalue weighted by Crippen LogP contribution is 2.40. The number of benzene rings is 1. The second-order valence-corrected chi connectivity index (χ2v) is 7.23. The van der Waals surface area contributed by atoms with E-state index in [0.29, 0.717) is 16.8 Å². The summed E-state index contributed by atoms with van der Waals surface area (Å²) in [6.07, 6.45) is 0.0517. The molecule has 0 N–H and O–H groups in total. The van der Waals surface area contributed by atoms with Crippen LogP contribution in [0, 0.1) is 13.8 Å². The maximum atomic E-state index is 12.9. The van der Waals surface area contributed by atoms with Gasteiger partial charge in [-0.1, -0.05) is 0 Å². The van der Waals surface area contributed by atoms with E-state index in [0.717, 1.165) is 21.9 Å². The molecule has 0 saturated carbocycles. The highest BCUT2D eigenvalue weighted by Gasteiger charge is 2.29. The third-order valence-electron chi connectivity index (χ3n) is 5.40. The molecule has 0 aliphatic carbocycles. The standard InChI is InChI=1S/C21H22N2O5/c1-5-27-18(26)8-13-10-28-21-19-14(11(2)6-16(24)22(19)4)9-15-12(3)7-17(25)23(13)20(15)21/h6-7,9,13H,5,8,10H2,1-4H3. The lowest BCUT2D eigenvalue weighted by Gasteiger charge is -2.29. The van der Waals surface area contributed by atoms with Crippen molar-refractivity contribution >= 4 is 27.8 Å². The summed E-state index contributed by atoms with van der Waals surface area (Å²) in [4.78, 5) is 37.3. The van der Waals surface area contributed by atoms with Gasteiger partial charge in [-0.2, -0.15) is 0 Å². The number of pyridine rings is 2. The molecule has 146 valence electrons. The molecule has 1 unspecified atom stereocenters. The summed E-state index contributed by atoms with van der Waals surface area (Å²) in [7, 11) is 1.69. The van der Waals surface area contributed by atoms with Crippen molar-refractivity contribution in [3.8, 4) is 5.75 Å². The van der Waals surface area contributed by atoms with Crippen molar-refractivity contribution in [1.29, 1.82) is 0 Å². The van der Waals surface area contributed by atoms with Gasteiger partial charge < -0.3 is 14.0 Å². The zero-order valence-corrected chi connectivity index (χ0v) is 16.4. The lowest BCUT2D eigenvalue weighted by molar-refractivity contribution is -0.144. The normalized spacial score (nSPS) is 15.6. The molecule has 28 heavy (non-hydrogen) atoms. The van der Waals surface area contributed by atoms with Crippen LogP contribution in [0.25, 0.3) is 21.8 Å². The molecule has 1 aromatic carbocycles. The van der Waals surface area contributed by atoms with Crippen molar-refractivity contribution < 1.29 is 14.3 Å². The van der Waals surface area contributed by atoms with Crippen LogP contribution in [0.15, 0.2) is 27.8 Å². The smallest absolute Gasteiger partial charge is 0.308 e. The minimum atomic E-state index is -0.457. The van der Waals surface area contributed by atoms with E-state index in [1.807, 2.05) is 19.9 Å². The van der Waals surface area contributed by atoms with Crippen LogP contribution in [-0.4, -0.2) is 28.3 Å². The first-order chi connectivity index (χ1) is 13.3. The van der Waals surface area contributed by atoms with E-state index >= 15 is 0 Å². The van der Waals surface area contributed by atoms with E-state index in [-0.39, 0.29) is 36.7 Å². The molecule has 0 spiro atoms. The van der Waals surface area contributed by atoms with Crippen LogP contribution in [0.1, 0.15) is 30.5 Å². The summed E-state index contributed by atoms with van der Waals surface area (Å²) < 4.78 is 14.3. The van der Waals surface area contributed by atoms with Crippen molar-refractivity contribution in [1.82, 2.24) is 9.13 Å². The quantitative estimate of drug-likeness (QED) is 0.513. The maximum Gasteiger partial charge on any atom is 0.308 e. The van der Waals surface area contributed by atoms with Crippen LogP contribution >= 0.6 is 0 Å². The van der Waals surface area contributed by atoms with Crippen LogP contribution in [0.2, 0.25) is 0 Å². The molecule has 1 atom stereocenters. The lowest BCUT2D eigenvalue weighted by Crippen LogP contribution is -2.34. The molecule has 3 heterocycles. The Hall–Kier alpha value is -3.09. The van der Waals surface area contributed by atoms with Gasteiger partial charge >= 0.3 is 5.97 Å². The number of fused-ring (bicyclic) bond motifs is 2. The van der Waals surface area contributed by atoms with Gasteiger partial charge in [0.2, 0.25) is 0 Å². The molecule has 0 radical (unpaired) electrons. The Morgan fingerprint density at radius 3 is 2.43 bits per heavy atom. The number of esters is 1. The fourth-order valence-corrected chi connectivity index (χ4v) is 4.04. The van der Waals surface area contributed by atoms with Crippen LogP contribution in [0.5, 0.6) is 5.75 Å². The van der Waals surface area contributed by atoms with Crippen molar-refractivity contribution in [2.45, 2.75) is 33.2 Å². The van der Waals surface area contributed by atoms with Crippen LogP contribution in [-0.2, 0) is 16.6 Å². The van der Waals surface area contributed by atoms with Crippen molar-refractivity contribution in [2.75, 3.05) is 13.2 Å². The highest BCUT2D eigenvalue weighted by molar-refractivity contribution is 6.04. The first-order valence-electron chi connectivity index (χ1n) is 9.31. The molecule has 1 aliphatic rings. The second-order valence-electron chi connectivity index (χ2n) is 7.23. The molecular weight excluding hydrogens is 360 g/mol. The van der Waals surface area contributed by atoms with Crippen molar-refractivity contribution in [2.24, 2.45) is 7.05 Å². The van der Waals surface area contributed by atoms with Gasteiger partial charge in [0.1, 0.15) is 6.61 Å². The lowest BCUT2D eigenvalue weighted by atomic mass is 10.00. The van der Waals surface area contributed by atoms with Crippen LogP contribution < -0.4 is 15.9 Å².